The van der Waals surface area contributed by atoms with E-state index in [1.807, 2.05) is 31.2 Å². The lowest BCUT2D eigenvalue weighted by molar-refractivity contribution is 0.102. The second-order valence-electron chi connectivity index (χ2n) is 6.10. The summed E-state index contributed by atoms with van der Waals surface area (Å²) in [4.78, 5) is 14.8. The van der Waals surface area contributed by atoms with Crippen LogP contribution in [0.2, 0.25) is 0 Å². The maximum atomic E-state index is 12.4. The third kappa shape index (κ3) is 4.36. The summed E-state index contributed by atoms with van der Waals surface area (Å²) in [6, 6.07) is 15.4. The summed E-state index contributed by atoms with van der Waals surface area (Å²) >= 11 is 0. The molecule has 4 nitrogen and oxygen atoms in total. The van der Waals surface area contributed by atoms with Gasteiger partial charge in [-0.25, -0.2) is 0 Å². The van der Waals surface area contributed by atoms with E-state index >= 15 is 0 Å². The molecule has 0 radical (unpaired) electrons. The monoisotopic (exact) mass is 324 g/mol. The summed E-state index contributed by atoms with van der Waals surface area (Å²) in [5, 5.41) is 2.94. The van der Waals surface area contributed by atoms with Crippen LogP contribution in [-0.2, 0) is 6.54 Å². The molecule has 2 aromatic carbocycles. The Morgan fingerprint density at radius 3 is 2.58 bits per heavy atom. The van der Waals surface area contributed by atoms with E-state index in [0.717, 1.165) is 12.2 Å². The van der Waals surface area contributed by atoms with Gasteiger partial charge in [0.1, 0.15) is 5.75 Å². The summed E-state index contributed by atoms with van der Waals surface area (Å²) in [5.74, 6) is 0.593. The van der Waals surface area contributed by atoms with Gasteiger partial charge in [-0.1, -0.05) is 18.2 Å². The number of nitrogens with zero attached hydrogens (tertiary/aromatic N) is 1. The number of ether oxygens (including phenoxy) is 1. The molecule has 2 aromatic rings. The van der Waals surface area contributed by atoms with Crippen molar-refractivity contribution in [1.29, 1.82) is 0 Å². The van der Waals surface area contributed by atoms with E-state index in [4.69, 9.17) is 4.74 Å². The van der Waals surface area contributed by atoms with Crippen LogP contribution >= 0.6 is 0 Å². The van der Waals surface area contributed by atoms with Crippen molar-refractivity contribution >= 4 is 11.6 Å². The molecule has 0 spiro atoms. The Morgan fingerprint density at radius 2 is 1.88 bits per heavy atom. The highest BCUT2D eigenvalue weighted by atomic mass is 16.5. The van der Waals surface area contributed by atoms with Crippen LogP contribution in [0.15, 0.2) is 48.5 Å². The summed E-state index contributed by atoms with van der Waals surface area (Å²) in [5.41, 5.74) is 2.70. The van der Waals surface area contributed by atoms with E-state index in [1.165, 1.54) is 31.5 Å². The van der Waals surface area contributed by atoms with Gasteiger partial charge in [0.15, 0.2) is 0 Å². The normalized spacial score (nSPS) is 14.5. The molecule has 0 unspecified atom stereocenters. The van der Waals surface area contributed by atoms with Crippen molar-refractivity contribution in [1.82, 2.24) is 4.90 Å². The Morgan fingerprint density at radius 1 is 1.12 bits per heavy atom. The number of rotatable bonds is 6. The molecule has 0 bridgehead atoms. The van der Waals surface area contributed by atoms with E-state index in [0.29, 0.717) is 17.9 Å². The molecule has 1 heterocycles. The molecular weight excluding hydrogens is 300 g/mol. The lowest BCUT2D eigenvalue weighted by Crippen LogP contribution is -2.18. The number of carbonyl (C=O) groups is 1. The zero-order valence-electron chi connectivity index (χ0n) is 14.1. The van der Waals surface area contributed by atoms with Crippen molar-refractivity contribution in [3.05, 3.63) is 59.7 Å². The van der Waals surface area contributed by atoms with Crippen molar-refractivity contribution in [3.8, 4) is 5.75 Å². The molecule has 1 aliphatic rings. The van der Waals surface area contributed by atoms with Crippen molar-refractivity contribution in [2.45, 2.75) is 26.3 Å². The fourth-order valence-electron chi connectivity index (χ4n) is 2.99. The summed E-state index contributed by atoms with van der Waals surface area (Å²) in [7, 11) is 0. The average Bonchev–Trinajstić information content (AvgIpc) is 3.10. The number of anilines is 1. The summed E-state index contributed by atoms with van der Waals surface area (Å²) in [6.07, 6.45) is 2.60. The van der Waals surface area contributed by atoms with Gasteiger partial charge in [0.25, 0.3) is 5.91 Å². The smallest absolute Gasteiger partial charge is 0.255 e. The van der Waals surface area contributed by atoms with E-state index in [9.17, 15) is 4.79 Å². The van der Waals surface area contributed by atoms with Crippen molar-refractivity contribution in [3.63, 3.8) is 0 Å². The number of nitrogens with one attached hydrogen (secondary N) is 1. The van der Waals surface area contributed by atoms with Gasteiger partial charge in [-0.3, -0.25) is 9.69 Å². The zero-order valence-corrected chi connectivity index (χ0v) is 14.1. The Kier molecular flexibility index (Phi) is 5.49. The Hall–Kier alpha value is -2.33. The first-order chi connectivity index (χ1) is 11.7. The minimum absolute atomic E-state index is 0.121. The Balaban J connectivity index is 1.60. The molecule has 1 amide bonds. The second kappa shape index (κ2) is 7.97. The van der Waals surface area contributed by atoms with Gasteiger partial charge >= 0.3 is 0 Å². The molecule has 0 aliphatic carbocycles. The van der Waals surface area contributed by atoms with Gasteiger partial charge in [-0.05, 0) is 68.8 Å². The van der Waals surface area contributed by atoms with E-state index in [2.05, 4.69) is 22.3 Å². The summed E-state index contributed by atoms with van der Waals surface area (Å²) in [6.45, 7) is 5.88. The maximum absolute atomic E-state index is 12.4. The van der Waals surface area contributed by atoms with Crippen LogP contribution in [0.5, 0.6) is 5.75 Å². The van der Waals surface area contributed by atoms with E-state index < -0.39 is 0 Å². The van der Waals surface area contributed by atoms with Crippen LogP contribution in [0.4, 0.5) is 5.69 Å². The molecule has 4 heteroatoms. The quantitative estimate of drug-likeness (QED) is 0.875. The van der Waals surface area contributed by atoms with Crippen LogP contribution in [0.25, 0.3) is 0 Å². The molecule has 0 saturated carbocycles. The lowest BCUT2D eigenvalue weighted by Gasteiger charge is -2.14. The van der Waals surface area contributed by atoms with Crippen LogP contribution < -0.4 is 10.1 Å². The third-order valence-electron chi connectivity index (χ3n) is 4.22. The molecule has 24 heavy (non-hydrogen) atoms. The first-order valence-corrected chi connectivity index (χ1v) is 8.60. The van der Waals surface area contributed by atoms with Crippen LogP contribution in [0.1, 0.15) is 35.7 Å². The molecule has 1 fully saturated rings. The van der Waals surface area contributed by atoms with Gasteiger partial charge in [0.2, 0.25) is 0 Å². The molecule has 1 saturated heterocycles. The van der Waals surface area contributed by atoms with Crippen LogP contribution in [0, 0.1) is 0 Å². The average molecular weight is 324 g/mol. The third-order valence-corrected chi connectivity index (χ3v) is 4.22. The molecule has 1 aliphatic heterocycles. The van der Waals surface area contributed by atoms with Crippen molar-refractivity contribution in [2.24, 2.45) is 0 Å². The SMILES string of the molecule is CCOc1cccc(C(=O)Nc2ccc(CN3CCCC3)cc2)c1. The molecular formula is C20H24N2O2. The lowest BCUT2D eigenvalue weighted by atomic mass is 10.1. The Bertz CT molecular complexity index is 676. The van der Waals surface area contributed by atoms with Gasteiger partial charge in [0.05, 0.1) is 6.61 Å². The molecule has 126 valence electrons. The minimum atomic E-state index is -0.121. The summed E-state index contributed by atoms with van der Waals surface area (Å²) < 4.78 is 5.44. The predicted octanol–water partition coefficient (Wildman–Crippen LogP) is 3.93. The number of amides is 1. The standard InChI is InChI=1S/C20H24N2O2/c1-2-24-19-7-5-6-17(14-19)20(23)21-18-10-8-16(9-11-18)15-22-12-3-4-13-22/h5-11,14H,2-4,12-13,15H2,1H3,(H,21,23). The molecule has 3 rings (SSSR count). The number of hydrogen-bond acceptors (Lipinski definition) is 3. The first kappa shape index (κ1) is 16.5. The van der Waals surface area contributed by atoms with Gasteiger partial charge in [-0.15, -0.1) is 0 Å². The van der Waals surface area contributed by atoms with Gasteiger partial charge < -0.3 is 10.1 Å². The van der Waals surface area contributed by atoms with E-state index in [1.54, 1.807) is 12.1 Å². The fraction of sp³-hybridized carbons (Fsp3) is 0.350. The highest BCUT2D eigenvalue weighted by Gasteiger charge is 2.12. The topological polar surface area (TPSA) is 41.6 Å². The van der Waals surface area contributed by atoms with Crippen molar-refractivity contribution in [2.75, 3.05) is 25.0 Å². The largest absolute Gasteiger partial charge is 0.494 e. The Labute approximate surface area is 143 Å². The van der Waals surface area contributed by atoms with Gasteiger partial charge in [0, 0.05) is 17.8 Å². The molecule has 0 aromatic heterocycles. The molecule has 1 N–H and O–H groups in total. The van der Waals surface area contributed by atoms with Crippen molar-refractivity contribution < 1.29 is 9.53 Å². The van der Waals surface area contributed by atoms with E-state index in [-0.39, 0.29) is 5.91 Å². The highest BCUT2D eigenvalue weighted by molar-refractivity contribution is 6.04. The predicted molar refractivity (Wildman–Crippen MR) is 96.5 cm³/mol. The zero-order chi connectivity index (χ0) is 16.8. The van der Waals surface area contributed by atoms with Gasteiger partial charge in [-0.2, -0.15) is 0 Å². The highest BCUT2D eigenvalue weighted by Crippen LogP contribution is 2.17. The maximum Gasteiger partial charge on any atom is 0.255 e. The second-order valence-corrected chi connectivity index (χ2v) is 6.10. The fourth-order valence-corrected chi connectivity index (χ4v) is 2.99. The number of carbonyl (C=O) groups excluding carboxylic acids is 1. The number of benzene rings is 2. The van der Waals surface area contributed by atoms with Crippen LogP contribution in [-0.4, -0.2) is 30.5 Å². The number of hydrogen-bond donors (Lipinski definition) is 1. The number of likely N-dealkylation sites (tertiary alicyclic amines) is 1. The van der Waals surface area contributed by atoms with Crippen LogP contribution in [0.3, 0.4) is 0 Å². The minimum Gasteiger partial charge on any atom is -0.494 e. The first-order valence-electron chi connectivity index (χ1n) is 8.60. The molecule has 0 atom stereocenters.